The molecule has 0 saturated carbocycles. The van der Waals surface area contributed by atoms with E-state index >= 15 is 0 Å². The van der Waals surface area contributed by atoms with Gasteiger partial charge in [-0.1, -0.05) is 13.8 Å². The van der Waals surface area contributed by atoms with Crippen LogP contribution in [-0.4, -0.2) is 60.4 Å². The van der Waals surface area contributed by atoms with E-state index < -0.39 is 0 Å². The zero-order valence-corrected chi connectivity index (χ0v) is 12.0. The Labute approximate surface area is 115 Å². The van der Waals surface area contributed by atoms with Crippen molar-refractivity contribution in [2.75, 3.05) is 32.7 Å². The first-order valence-corrected chi connectivity index (χ1v) is 7.42. The fourth-order valence-corrected chi connectivity index (χ4v) is 3.04. The lowest BCUT2D eigenvalue weighted by Crippen LogP contribution is -2.49. The van der Waals surface area contributed by atoms with Crippen LogP contribution >= 0.6 is 0 Å². The standard InChI is InChI=1S/C14H25N3O2/c1-11(2)12-5-3-9-17(12)14(19)13(18)16-8-4-6-15-7-10-16/h11-12,15H,3-10H2,1-2H3. The van der Waals surface area contributed by atoms with Gasteiger partial charge in [0.05, 0.1) is 0 Å². The Morgan fingerprint density at radius 3 is 2.58 bits per heavy atom. The maximum atomic E-state index is 12.4. The molecule has 0 radical (unpaired) electrons. The number of hydrogen-bond acceptors (Lipinski definition) is 3. The molecule has 1 unspecified atom stereocenters. The van der Waals surface area contributed by atoms with E-state index in [2.05, 4.69) is 19.2 Å². The van der Waals surface area contributed by atoms with Crippen molar-refractivity contribution in [3.05, 3.63) is 0 Å². The molecule has 5 heteroatoms. The first-order valence-electron chi connectivity index (χ1n) is 7.42. The number of rotatable bonds is 1. The zero-order chi connectivity index (χ0) is 13.8. The van der Waals surface area contributed by atoms with Gasteiger partial charge in [0.25, 0.3) is 0 Å². The van der Waals surface area contributed by atoms with Gasteiger partial charge in [0.2, 0.25) is 0 Å². The van der Waals surface area contributed by atoms with Crippen LogP contribution in [0, 0.1) is 5.92 Å². The lowest BCUT2D eigenvalue weighted by Gasteiger charge is -2.29. The van der Waals surface area contributed by atoms with E-state index in [0.29, 0.717) is 19.0 Å². The van der Waals surface area contributed by atoms with Crippen LogP contribution in [0.3, 0.4) is 0 Å². The lowest BCUT2D eigenvalue weighted by atomic mass is 10.0. The Balaban J connectivity index is 1.99. The first-order chi connectivity index (χ1) is 9.11. The molecule has 2 aliphatic rings. The third-order valence-electron chi connectivity index (χ3n) is 4.14. The molecule has 0 aromatic rings. The van der Waals surface area contributed by atoms with Crippen molar-refractivity contribution in [3.8, 4) is 0 Å². The number of carbonyl (C=O) groups is 2. The predicted octanol–water partition coefficient (Wildman–Crippen LogP) is 0.455. The van der Waals surface area contributed by atoms with Crippen LogP contribution in [0.15, 0.2) is 0 Å². The highest BCUT2D eigenvalue weighted by Gasteiger charge is 2.35. The second-order valence-corrected chi connectivity index (χ2v) is 5.85. The molecular formula is C14H25N3O2. The van der Waals surface area contributed by atoms with E-state index in [4.69, 9.17) is 0 Å². The summed E-state index contributed by atoms with van der Waals surface area (Å²) in [6, 6.07) is 0.238. The molecule has 2 saturated heterocycles. The predicted molar refractivity (Wildman–Crippen MR) is 73.6 cm³/mol. The van der Waals surface area contributed by atoms with Crippen molar-refractivity contribution in [3.63, 3.8) is 0 Å². The molecule has 1 N–H and O–H groups in total. The maximum Gasteiger partial charge on any atom is 0.312 e. The summed E-state index contributed by atoms with van der Waals surface area (Å²) in [5.41, 5.74) is 0. The normalized spacial score (nSPS) is 24.7. The average molecular weight is 267 g/mol. The highest BCUT2D eigenvalue weighted by atomic mass is 16.2. The summed E-state index contributed by atoms with van der Waals surface area (Å²) in [6.45, 7) is 8.03. The Morgan fingerprint density at radius 1 is 1.05 bits per heavy atom. The molecule has 2 rings (SSSR count). The second-order valence-electron chi connectivity index (χ2n) is 5.85. The minimum Gasteiger partial charge on any atom is -0.333 e. The Hall–Kier alpha value is -1.10. The molecule has 108 valence electrons. The van der Waals surface area contributed by atoms with Gasteiger partial charge in [-0.2, -0.15) is 0 Å². The molecule has 2 heterocycles. The lowest BCUT2D eigenvalue weighted by molar-refractivity contribution is -0.152. The summed E-state index contributed by atoms with van der Waals surface area (Å²) in [5.74, 6) is -0.181. The van der Waals surface area contributed by atoms with Gasteiger partial charge in [-0.15, -0.1) is 0 Å². The maximum absolute atomic E-state index is 12.4. The summed E-state index contributed by atoms with van der Waals surface area (Å²) >= 11 is 0. The summed E-state index contributed by atoms with van der Waals surface area (Å²) in [4.78, 5) is 28.2. The van der Waals surface area contributed by atoms with Crippen LogP contribution in [0.5, 0.6) is 0 Å². The highest BCUT2D eigenvalue weighted by molar-refractivity contribution is 6.35. The second kappa shape index (κ2) is 6.37. The number of amides is 2. The van der Waals surface area contributed by atoms with Gasteiger partial charge in [-0.3, -0.25) is 9.59 Å². The molecular weight excluding hydrogens is 242 g/mol. The van der Waals surface area contributed by atoms with E-state index in [1.807, 2.05) is 0 Å². The Morgan fingerprint density at radius 2 is 1.84 bits per heavy atom. The van der Waals surface area contributed by atoms with Crippen LogP contribution in [0.2, 0.25) is 0 Å². The van der Waals surface area contributed by atoms with Crippen LogP contribution in [0.25, 0.3) is 0 Å². The van der Waals surface area contributed by atoms with Crippen LogP contribution < -0.4 is 5.32 Å². The molecule has 0 aromatic heterocycles. The van der Waals surface area contributed by atoms with Crippen molar-refractivity contribution in [2.24, 2.45) is 5.92 Å². The van der Waals surface area contributed by atoms with Crippen LogP contribution in [-0.2, 0) is 9.59 Å². The summed E-state index contributed by atoms with van der Waals surface area (Å²) in [6.07, 6.45) is 2.97. The van der Waals surface area contributed by atoms with E-state index in [0.717, 1.165) is 38.9 Å². The smallest absolute Gasteiger partial charge is 0.312 e. The molecule has 5 nitrogen and oxygen atoms in total. The van der Waals surface area contributed by atoms with Crippen LogP contribution in [0.4, 0.5) is 0 Å². The number of hydrogen-bond donors (Lipinski definition) is 1. The fraction of sp³-hybridized carbons (Fsp3) is 0.857. The third-order valence-corrected chi connectivity index (χ3v) is 4.14. The molecule has 2 amide bonds. The number of nitrogens with one attached hydrogen (secondary N) is 1. The molecule has 2 aliphatic heterocycles. The molecule has 0 aromatic carbocycles. The van der Waals surface area contributed by atoms with Gasteiger partial charge < -0.3 is 15.1 Å². The van der Waals surface area contributed by atoms with Gasteiger partial charge in [0.1, 0.15) is 0 Å². The van der Waals surface area contributed by atoms with Crippen molar-refractivity contribution < 1.29 is 9.59 Å². The highest BCUT2D eigenvalue weighted by Crippen LogP contribution is 2.24. The van der Waals surface area contributed by atoms with E-state index in [1.165, 1.54) is 0 Å². The fourth-order valence-electron chi connectivity index (χ4n) is 3.04. The summed E-state index contributed by atoms with van der Waals surface area (Å²) in [7, 11) is 0. The van der Waals surface area contributed by atoms with Crippen molar-refractivity contribution in [1.82, 2.24) is 15.1 Å². The molecule has 0 spiro atoms. The third kappa shape index (κ3) is 3.26. The van der Waals surface area contributed by atoms with Gasteiger partial charge in [0.15, 0.2) is 0 Å². The quantitative estimate of drug-likeness (QED) is 0.702. The van der Waals surface area contributed by atoms with Gasteiger partial charge in [-0.25, -0.2) is 0 Å². The number of nitrogens with zero attached hydrogens (tertiary/aromatic N) is 2. The SMILES string of the molecule is CC(C)C1CCCN1C(=O)C(=O)N1CCCNCC1. The number of likely N-dealkylation sites (tertiary alicyclic amines) is 1. The summed E-state index contributed by atoms with van der Waals surface area (Å²) in [5, 5.41) is 3.25. The monoisotopic (exact) mass is 267 g/mol. The van der Waals surface area contributed by atoms with Crippen molar-refractivity contribution in [1.29, 1.82) is 0 Å². The molecule has 0 bridgehead atoms. The van der Waals surface area contributed by atoms with E-state index in [-0.39, 0.29) is 17.9 Å². The Bertz CT molecular complexity index is 336. The number of carbonyl (C=O) groups excluding carboxylic acids is 2. The Kier molecular flexibility index (Phi) is 4.80. The largest absolute Gasteiger partial charge is 0.333 e. The van der Waals surface area contributed by atoms with E-state index in [9.17, 15) is 9.59 Å². The molecule has 0 aliphatic carbocycles. The minimum absolute atomic E-state index is 0.238. The molecule has 19 heavy (non-hydrogen) atoms. The van der Waals surface area contributed by atoms with Crippen LogP contribution in [0.1, 0.15) is 33.1 Å². The first kappa shape index (κ1) is 14.3. The topological polar surface area (TPSA) is 52.7 Å². The van der Waals surface area contributed by atoms with Gasteiger partial charge in [0, 0.05) is 32.2 Å². The average Bonchev–Trinajstić information content (AvgIpc) is 2.73. The zero-order valence-electron chi connectivity index (χ0n) is 12.0. The minimum atomic E-state index is -0.309. The van der Waals surface area contributed by atoms with Gasteiger partial charge >= 0.3 is 11.8 Å². The van der Waals surface area contributed by atoms with Crippen molar-refractivity contribution in [2.45, 2.75) is 39.2 Å². The molecule has 1 atom stereocenters. The summed E-state index contributed by atoms with van der Waals surface area (Å²) < 4.78 is 0. The van der Waals surface area contributed by atoms with Crippen molar-refractivity contribution >= 4 is 11.8 Å². The molecule has 2 fully saturated rings. The van der Waals surface area contributed by atoms with E-state index in [1.54, 1.807) is 9.80 Å². The van der Waals surface area contributed by atoms with Gasteiger partial charge in [-0.05, 0) is 31.7 Å².